The van der Waals surface area contributed by atoms with Gasteiger partial charge in [-0.15, -0.1) is 5.10 Å². The first-order valence-corrected chi connectivity index (χ1v) is 9.17. The van der Waals surface area contributed by atoms with E-state index in [1.54, 1.807) is 6.26 Å². The Morgan fingerprint density at radius 1 is 1.33 bits per heavy atom. The summed E-state index contributed by atoms with van der Waals surface area (Å²) in [7, 11) is 0. The molecule has 0 aliphatic carbocycles. The van der Waals surface area contributed by atoms with E-state index in [0.29, 0.717) is 17.7 Å². The van der Waals surface area contributed by atoms with E-state index in [4.69, 9.17) is 4.42 Å². The van der Waals surface area contributed by atoms with Crippen LogP contribution in [0.4, 0.5) is 0 Å². The molecular formula is C17H22N4O2S. The summed E-state index contributed by atoms with van der Waals surface area (Å²) in [6, 6.07) is 3.78. The summed E-state index contributed by atoms with van der Waals surface area (Å²) >= 11 is 1.48. The number of aromatic hydroxyl groups is 1. The zero-order chi connectivity index (χ0) is 16.8. The van der Waals surface area contributed by atoms with Crippen molar-refractivity contribution in [2.45, 2.75) is 33.2 Å². The minimum atomic E-state index is -0.0981. The smallest absolute Gasteiger partial charge is 0.230 e. The molecule has 4 rings (SSSR count). The molecule has 1 N–H and O–H groups in total. The van der Waals surface area contributed by atoms with Gasteiger partial charge in [-0.05, 0) is 37.3 Å². The van der Waals surface area contributed by atoms with Crippen molar-refractivity contribution in [1.82, 2.24) is 19.5 Å². The Morgan fingerprint density at radius 3 is 2.71 bits per heavy atom. The number of likely N-dealkylation sites (tertiary alicyclic amines) is 1. The van der Waals surface area contributed by atoms with E-state index in [0.717, 1.165) is 28.7 Å². The third kappa shape index (κ3) is 2.61. The minimum Gasteiger partial charge on any atom is -0.492 e. The molecule has 24 heavy (non-hydrogen) atoms. The molecule has 0 radical (unpaired) electrons. The van der Waals surface area contributed by atoms with Crippen molar-refractivity contribution < 1.29 is 9.52 Å². The summed E-state index contributed by atoms with van der Waals surface area (Å²) in [5.41, 5.74) is 0. The van der Waals surface area contributed by atoms with Crippen molar-refractivity contribution >= 4 is 16.3 Å². The predicted octanol–water partition coefficient (Wildman–Crippen LogP) is 3.47. The van der Waals surface area contributed by atoms with E-state index in [1.165, 1.54) is 22.3 Å². The Balaban J connectivity index is 1.80. The van der Waals surface area contributed by atoms with Crippen LogP contribution < -0.4 is 0 Å². The molecule has 0 bridgehead atoms. The van der Waals surface area contributed by atoms with E-state index >= 15 is 0 Å². The van der Waals surface area contributed by atoms with Crippen molar-refractivity contribution in [3.63, 3.8) is 0 Å². The molecule has 128 valence electrons. The van der Waals surface area contributed by atoms with Gasteiger partial charge in [0, 0.05) is 13.1 Å². The topological polar surface area (TPSA) is 66.8 Å². The number of nitrogens with zero attached hydrogens (tertiary/aromatic N) is 4. The highest BCUT2D eigenvalue weighted by atomic mass is 32.1. The lowest BCUT2D eigenvalue weighted by molar-refractivity contribution is 0.102. The first-order chi connectivity index (χ1) is 11.5. The van der Waals surface area contributed by atoms with Crippen LogP contribution in [0, 0.1) is 18.8 Å². The van der Waals surface area contributed by atoms with Crippen LogP contribution in [-0.4, -0.2) is 37.7 Å². The van der Waals surface area contributed by atoms with Crippen molar-refractivity contribution in [3.8, 4) is 5.88 Å². The highest BCUT2D eigenvalue weighted by Gasteiger charge is 2.35. The van der Waals surface area contributed by atoms with Gasteiger partial charge in [-0.25, -0.2) is 4.98 Å². The summed E-state index contributed by atoms with van der Waals surface area (Å²) in [5.74, 6) is 2.93. The Morgan fingerprint density at radius 2 is 2.08 bits per heavy atom. The van der Waals surface area contributed by atoms with Gasteiger partial charge in [0.2, 0.25) is 10.8 Å². The van der Waals surface area contributed by atoms with Crippen LogP contribution in [0.1, 0.15) is 42.8 Å². The highest BCUT2D eigenvalue weighted by molar-refractivity contribution is 7.17. The largest absolute Gasteiger partial charge is 0.492 e. The second-order valence-electron chi connectivity index (χ2n) is 6.96. The molecular weight excluding hydrogens is 324 g/mol. The standard InChI is InChI=1S/C17H22N4O2S/c1-10-7-11(2)9-20(8-10)14(13-5-4-6-23-13)15-16(22)21-17(24-15)18-12(3)19-21/h4-6,10-11,14,22H,7-9H2,1-3H3/t10-,11-,14+/m1/s1. The summed E-state index contributed by atoms with van der Waals surface area (Å²) in [5, 5.41) is 15.0. The van der Waals surface area contributed by atoms with Gasteiger partial charge in [0.05, 0.1) is 11.1 Å². The minimum absolute atomic E-state index is 0.0981. The average Bonchev–Trinajstić information content (AvgIpc) is 3.20. The van der Waals surface area contributed by atoms with E-state index in [1.807, 2.05) is 19.1 Å². The Labute approximate surface area is 144 Å². The van der Waals surface area contributed by atoms with Crippen LogP contribution in [0.2, 0.25) is 0 Å². The monoisotopic (exact) mass is 346 g/mol. The lowest BCUT2D eigenvalue weighted by Crippen LogP contribution is -2.41. The first-order valence-electron chi connectivity index (χ1n) is 8.35. The van der Waals surface area contributed by atoms with Crippen LogP contribution in [0.25, 0.3) is 4.96 Å². The summed E-state index contributed by atoms with van der Waals surface area (Å²) in [6.07, 6.45) is 2.93. The van der Waals surface area contributed by atoms with E-state index < -0.39 is 0 Å². The van der Waals surface area contributed by atoms with E-state index in [2.05, 4.69) is 28.8 Å². The summed E-state index contributed by atoms with van der Waals surface area (Å²) < 4.78 is 7.26. The highest BCUT2D eigenvalue weighted by Crippen LogP contribution is 2.41. The molecule has 7 heteroatoms. The number of hydrogen-bond donors (Lipinski definition) is 1. The molecule has 3 atom stereocenters. The van der Waals surface area contributed by atoms with Gasteiger partial charge in [-0.3, -0.25) is 4.90 Å². The second kappa shape index (κ2) is 5.89. The maximum atomic E-state index is 10.7. The summed E-state index contributed by atoms with van der Waals surface area (Å²) in [6.45, 7) is 8.38. The molecule has 1 aliphatic rings. The second-order valence-corrected chi connectivity index (χ2v) is 7.97. The zero-order valence-electron chi connectivity index (χ0n) is 14.1. The van der Waals surface area contributed by atoms with Crippen LogP contribution in [0.5, 0.6) is 5.88 Å². The Bertz CT molecular complexity index is 828. The maximum Gasteiger partial charge on any atom is 0.230 e. The van der Waals surface area contributed by atoms with Crippen LogP contribution in [0.15, 0.2) is 22.8 Å². The number of thiazole rings is 1. The number of piperidine rings is 1. The molecule has 1 saturated heterocycles. The lowest BCUT2D eigenvalue weighted by atomic mass is 9.90. The zero-order valence-corrected chi connectivity index (χ0v) is 15.0. The predicted molar refractivity (Wildman–Crippen MR) is 92.3 cm³/mol. The number of aromatic nitrogens is 3. The number of furan rings is 1. The first kappa shape index (κ1) is 15.7. The normalized spacial score (nSPS) is 23.8. The van der Waals surface area contributed by atoms with Crippen LogP contribution in [-0.2, 0) is 0 Å². The molecule has 1 aliphatic heterocycles. The number of aryl methyl sites for hydroxylation is 1. The van der Waals surface area contributed by atoms with E-state index in [-0.39, 0.29) is 11.9 Å². The fourth-order valence-electron chi connectivity index (χ4n) is 3.87. The maximum absolute atomic E-state index is 10.7. The summed E-state index contributed by atoms with van der Waals surface area (Å²) in [4.78, 5) is 8.37. The van der Waals surface area contributed by atoms with Gasteiger partial charge in [0.25, 0.3) is 0 Å². The average molecular weight is 346 g/mol. The van der Waals surface area contributed by atoms with Crippen molar-refractivity contribution in [2.75, 3.05) is 13.1 Å². The van der Waals surface area contributed by atoms with Gasteiger partial charge in [0.15, 0.2) is 0 Å². The molecule has 1 fully saturated rings. The van der Waals surface area contributed by atoms with Gasteiger partial charge in [-0.1, -0.05) is 25.2 Å². The molecule has 3 aromatic heterocycles. The third-order valence-electron chi connectivity index (χ3n) is 4.63. The quantitative estimate of drug-likeness (QED) is 0.786. The molecule has 6 nitrogen and oxygen atoms in total. The van der Waals surface area contributed by atoms with Crippen molar-refractivity contribution in [3.05, 3.63) is 34.9 Å². The van der Waals surface area contributed by atoms with Gasteiger partial charge >= 0.3 is 0 Å². The van der Waals surface area contributed by atoms with Crippen LogP contribution >= 0.6 is 11.3 Å². The van der Waals surface area contributed by atoms with Gasteiger partial charge < -0.3 is 9.52 Å². The number of rotatable bonds is 3. The lowest BCUT2D eigenvalue weighted by Gasteiger charge is -2.38. The molecule has 4 heterocycles. The molecule has 0 spiro atoms. The fraction of sp³-hybridized carbons (Fsp3) is 0.529. The molecule has 0 saturated carbocycles. The SMILES string of the molecule is Cc1nc2sc([C@H](c3ccco3)N3C[C@H](C)C[C@@H](C)C3)c(O)n2n1. The molecule has 3 aromatic rings. The third-order valence-corrected chi connectivity index (χ3v) is 5.70. The van der Waals surface area contributed by atoms with Crippen molar-refractivity contribution in [2.24, 2.45) is 11.8 Å². The molecule has 0 amide bonds. The number of fused-ring (bicyclic) bond motifs is 1. The van der Waals surface area contributed by atoms with E-state index in [9.17, 15) is 5.11 Å². The van der Waals surface area contributed by atoms with Crippen molar-refractivity contribution in [1.29, 1.82) is 0 Å². The van der Waals surface area contributed by atoms with Gasteiger partial charge in [-0.2, -0.15) is 4.52 Å². The Hall–Kier alpha value is -1.86. The molecule has 0 unspecified atom stereocenters. The van der Waals surface area contributed by atoms with Crippen LogP contribution in [0.3, 0.4) is 0 Å². The fourth-order valence-corrected chi connectivity index (χ4v) is 5.01. The molecule has 0 aromatic carbocycles. The van der Waals surface area contributed by atoms with Gasteiger partial charge in [0.1, 0.15) is 17.6 Å². The Kier molecular flexibility index (Phi) is 3.85. The number of hydrogen-bond acceptors (Lipinski definition) is 6.